The summed E-state index contributed by atoms with van der Waals surface area (Å²) < 4.78 is 0. The summed E-state index contributed by atoms with van der Waals surface area (Å²) in [6.07, 6.45) is 1.69. The van der Waals surface area contributed by atoms with Gasteiger partial charge in [-0.3, -0.25) is 0 Å². The molecule has 2 heteroatoms. The molecule has 13 heavy (non-hydrogen) atoms. The number of carbonyl (C=O) groups is 1. The summed E-state index contributed by atoms with van der Waals surface area (Å²) in [6, 6.07) is 4.31. The van der Waals surface area contributed by atoms with E-state index in [1.54, 1.807) is 6.92 Å². The summed E-state index contributed by atoms with van der Waals surface area (Å²) in [6.45, 7) is 5.96. The van der Waals surface area contributed by atoms with Gasteiger partial charge in [0.2, 0.25) is 0 Å². The van der Waals surface area contributed by atoms with Crippen LogP contribution in [0.2, 0.25) is 0 Å². The quantitative estimate of drug-likeness (QED) is 0.720. The monoisotopic (exact) mass is 196 g/mol. The Kier molecular flexibility index (Phi) is 3.67. The number of hydrogen-bond acceptors (Lipinski definition) is 2. The number of hydrogen-bond donors (Lipinski definition) is 0. The Hall–Kier alpha value is -0.630. The van der Waals surface area contributed by atoms with Gasteiger partial charge in [0.05, 0.1) is 0 Å². The van der Waals surface area contributed by atoms with E-state index < -0.39 is 0 Å². The van der Waals surface area contributed by atoms with Crippen molar-refractivity contribution in [3.05, 3.63) is 21.9 Å². The summed E-state index contributed by atoms with van der Waals surface area (Å²) in [5.41, 5.74) is 0. The van der Waals surface area contributed by atoms with Crippen molar-refractivity contribution in [1.82, 2.24) is 0 Å². The highest BCUT2D eigenvalue weighted by molar-refractivity contribution is 7.12. The number of thiophene rings is 1. The fourth-order valence-electron chi connectivity index (χ4n) is 1.28. The molecule has 0 spiro atoms. The van der Waals surface area contributed by atoms with Crippen LogP contribution in [0.4, 0.5) is 0 Å². The highest BCUT2D eigenvalue weighted by Crippen LogP contribution is 2.27. The lowest BCUT2D eigenvalue weighted by molar-refractivity contribution is -0.117. The van der Waals surface area contributed by atoms with E-state index in [0.717, 1.165) is 6.42 Å². The number of aryl methyl sites for hydroxylation is 1. The van der Waals surface area contributed by atoms with Gasteiger partial charge in [-0.2, -0.15) is 0 Å². The van der Waals surface area contributed by atoms with Gasteiger partial charge in [-0.15, -0.1) is 11.3 Å². The molecule has 0 fully saturated rings. The minimum Gasteiger partial charge on any atom is -0.300 e. The molecule has 1 aromatic heterocycles. The third-order valence-corrected chi connectivity index (χ3v) is 3.41. The Bertz CT molecular complexity index is 288. The number of Topliss-reactive ketones (excluding diaryl/α,β-unsaturated/α-hetero) is 1. The normalized spacial score (nSPS) is 12.8. The van der Waals surface area contributed by atoms with Crippen molar-refractivity contribution in [2.24, 2.45) is 0 Å². The largest absolute Gasteiger partial charge is 0.300 e. The first-order valence-electron chi connectivity index (χ1n) is 4.65. The number of carbonyl (C=O) groups excluding carboxylic acids is 1. The van der Waals surface area contributed by atoms with E-state index in [2.05, 4.69) is 26.0 Å². The van der Waals surface area contributed by atoms with Crippen molar-refractivity contribution in [2.45, 2.75) is 39.5 Å². The summed E-state index contributed by atoms with van der Waals surface area (Å²) in [5, 5.41) is 0. The SMILES string of the molecule is CC(=O)CCC(C)c1ccc(C)s1. The van der Waals surface area contributed by atoms with Crippen LogP contribution in [0.1, 0.15) is 42.4 Å². The molecule has 1 unspecified atom stereocenters. The van der Waals surface area contributed by atoms with Crippen LogP contribution in [0.25, 0.3) is 0 Å². The molecule has 0 aliphatic carbocycles. The van der Waals surface area contributed by atoms with Crippen molar-refractivity contribution in [3.63, 3.8) is 0 Å². The molecule has 0 aromatic carbocycles. The van der Waals surface area contributed by atoms with Gasteiger partial charge in [-0.25, -0.2) is 0 Å². The minimum atomic E-state index is 0.292. The smallest absolute Gasteiger partial charge is 0.129 e. The van der Waals surface area contributed by atoms with Crippen LogP contribution in [0, 0.1) is 6.92 Å². The number of rotatable bonds is 4. The van der Waals surface area contributed by atoms with E-state index in [4.69, 9.17) is 0 Å². The van der Waals surface area contributed by atoms with Gasteiger partial charge >= 0.3 is 0 Å². The molecule has 72 valence electrons. The van der Waals surface area contributed by atoms with Crippen molar-refractivity contribution >= 4 is 17.1 Å². The first-order chi connectivity index (χ1) is 6.09. The van der Waals surface area contributed by atoms with Crippen LogP contribution in [-0.2, 0) is 4.79 Å². The summed E-state index contributed by atoms with van der Waals surface area (Å²) >= 11 is 1.84. The number of ketones is 1. The third-order valence-electron chi connectivity index (χ3n) is 2.18. The molecule has 0 amide bonds. The fraction of sp³-hybridized carbons (Fsp3) is 0.545. The van der Waals surface area contributed by atoms with E-state index in [0.29, 0.717) is 18.1 Å². The van der Waals surface area contributed by atoms with Crippen molar-refractivity contribution < 1.29 is 4.79 Å². The zero-order chi connectivity index (χ0) is 9.84. The molecule has 0 aliphatic heterocycles. The minimum absolute atomic E-state index is 0.292. The zero-order valence-electron chi connectivity index (χ0n) is 8.46. The van der Waals surface area contributed by atoms with Crippen molar-refractivity contribution in [2.75, 3.05) is 0 Å². The van der Waals surface area contributed by atoms with Gasteiger partial charge in [0.15, 0.2) is 0 Å². The fourth-order valence-corrected chi connectivity index (χ4v) is 2.24. The Labute approximate surface area is 83.8 Å². The molecule has 0 radical (unpaired) electrons. The molecule has 0 saturated heterocycles. The molecular formula is C11H16OS. The van der Waals surface area contributed by atoms with Crippen LogP contribution < -0.4 is 0 Å². The molecule has 0 saturated carbocycles. The Balaban J connectivity index is 2.48. The molecule has 1 nitrogen and oxygen atoms in total. The lowest BCUT2D eigenvalue weighted by Gasteiger charge is -2.06. The van der Waals surface area contributed by atoms with E-state index in [1.807, 2.05) is 11.3 Å². The molecule has 0 aliphatic rings. The maximum Gasteiger partial charge on any atom is 0.129 e. The summed E-state index contributed by atoms with van der Waals surface area (Å²) in [5.74, 6) is 0.822. The van der Waals surface area contributed by atoms with Gasteiger partial charge in [-0.05, 0) is 38.3 Å². The van der Waals surface area contributed by atoms with Crippen LogP contribution in [0.3, 0.4) is 0 Å². The van der Waals surface area contributed by atoms with E-state index >= 15 is 0 Å². The molecule has 1 heterocycles. The maximum absolute atomic E-state index is 10.8. The van der Waals surface area contributed by atoms with Crippen LogP contribution in [0.5, 0.6) is 0 Å². The van der Waals surface area contributed by atoms with Crippen molar-refractivity contribution in [3.8, 4) is 0 Å². The lowest BCUT2D eigenvalue weighted by Crippen LogP contribution is -1.95. The van der Waals surface area contributed by atoms with Crippen LogP contribution >= 0.6 is 11.3 Å². The average Bonchev–Trinajstić information content (AvgIpc) is 2.47. The molecule has 1 rings (SSSR count). The van der Waals surface area contributed by atoms with Gasteiger partial charge in [0, 0.05) is 16.2 Å². The third kappa shape index (κ3) is 3.31. The Morgan fingerprint density at radius 3 is 2.69 bits per heavy atom. The zero-order valence-corrected chi connectivity index (χ0v) is 9.28. The van der Waals surface area contributed by atoms with Gasteiger partial charge in [0.25, 0.3) is 0 Å². The summed E-state index contributed by atoms with van der Waals surface area (Å²) in [7, 11) is 0. The lowest BCUT2D eigenvalue weighted by atomic mass is 10.0. The summed E-state index contributed by atoms with van der Waals surface area (Å²) in [4.78, 5) is 13.5. The highest BCUT2D eigenvalue weighted by atomic mass is 32.1. The molecule has 1 atom stereocenters. The topological polar surface area (TPSA) is 17.1 Å². The van der Waals surface area contributed by atoms with Gasteiger partial charge < -0.3 is 4.79 Å². The van der Waals surface area contributed by atoms with E-state index in [-0.39, 0.29) is 0 Å². The van der Waals surface area contributed by atoms with E-state index in [9.17, 15) is 4.79 Å². The first kappa shape index (κ1) is 10.5. The van der Waals surface area contributed by atoms with E-state index in [1.165, 1.54) is 9.75 Å². The van der Waals surface area contributed by atoms with Gasteiger partial charge in [-0.1, -0.05) is 6.92 Å². The average molecular weight is 196 g/mol. The van der Waals surface area contributed by atoms with Crippen LogP contribution in [0.15, 0.2) is 12.1 Å². The Morgan fingerprint density at radius 2 is 2.23 bits per heavy atom. The second-order valence-corrected chi connectivity index (χ2v) is 4.91. The van der Waals surface area contributed by atoms with Gasteiger partial charge in [0.1, 0.15) is 5.78 Å². The first-order valence-corrected chi connectivity index (χ1v) is 5.47. The van der Waals surface area contributed by atoms with Crippen molar-refractivity contribution in [1.29, 1.82) is 0 Å². The second kappa shape index (κ2) is 4.56. The highest BCUT2D eigenvalue weighted by Gasteiger charge is 2.08. The standard InChI is InChI=1S/C11H16OS/c1-8(4-5-9(2)12)11-7-6-10(3)13-11/h6-8H,4-5H2,1-3H3. The maximum atomic E-state index is 10.8. The Morgan fingerprint density at radius 1 is 1.54 bits per heavy atom. The molecule has 0 bridgehead atoms. The second-order valence-electron chi connectivity index (χ2n) is 3.59. The predicted molar refractivity (Wildman–Crippen MR) is 57.4 cm³/mol. The molecular weight excluding hydrogens is 180 g/mol. The predicted octanol–water partition coefficient (Wildman–Crippen LogP) is 3.53. The molecule has 1 aromatic rings. The van der Waals surface area contributed by atoms with Crippen LogP contribution in [-0.4, -0.2) is 5.78 Å². The molecule has 0 N–H and O–H groups in total.